The maximum absolute atomic E-state index is 13.2. The normalized spacial score (nSPS) is 31.1. The summed E-state index contributed by atoms with van der Waals surface area (Å²) in [6.45, 7) is -0.547. The molecule has 2 aromatic heterocycles. The molecule has 2 heterocycles. The molecule has 9 heteroatoms. The van der Waals surface area contributed by atoms with E-state index in [1.165, 1.54) is 10.9 Å². The molecule has 6 rings (SSSR count). The topological polar surface area (TPSA) is 83.3 Å². The molecule has 1 amide bonds. The number of alkyl halides is 1. The van der Waals surface area contributed by atoms with Crippen molar-refractivity contribution in [2.75, 3.05) is 18.6 Å². The fourth-order valence-corrected chi connectivity index (χ4v) is 6.27. The molecule has 31 heavy (non-hydrogen) atoms. The predicted molar refractivity (Wildman–Crippen MR) is 115 cm³/mol. The highest BCUT2D eigenvalue weighted by Crippen LogP contribution is 2.55. The van der Waals surface area contributed by atoms with Crippen LogP contribution in [0, 0.1) is 17.8 Å². The third kappa shape index (κ3) is 3.80. The van der Waals surface area contributed by atoms with E-state index in [4.69, 9.17) is 11.6 Å². The van der Waals surface area contributed by atoms with Gasteiger partial charge >= 0.3 is 0 Å². The quantitative estimate of drug-likeness (QED) is 0.709. The van der Waals surface area contributed by atoms with Crippen LogP contribution in [0.3, 0.4) is 0 Å². The van der Waals surface area contributed by atoms with Crippen LogP contribution in [0.2, 0.25) is 5.02 Å². The van der Waals surface area contributed by atoms with E-state index in [0.717, 1.165) is 32.1 Å². The number of nitrogens with zero attached hydrogens (tertiary/aromatic N) is 4. The zero-order chi connectivity index (χ0) is 21.8. The number of aliphatic hydroxyl groups is 1. The molecule has 2 unspecified atom stereocenters. The molecule has 4 aliphatic carbocycles. The third-order valence-corrected chi connectivity index (χ3v) is 7.45. The van der Waals surface area contributed by atoms with Crippen LogP contribution in [0.4, 0.5) is 16.0 Å². The SMILES string of the molecule is CN(c1ccc(Cl)cn1)c1cc(C(=O)NC2C3CC4CC2CC(O)(C4)C3)nn1CCF. The van der Waals surface area contributed by atoms with Crippen molar-refractivity contribution >= 4 is 29.1 Å². The molecule has 0 spiro atoms. The van der Waals surface area contributed by atoms with Crippen LogP contribution >= 0.6 is 11.6 Å². The van der Waals surface area contributed by atoms with Gasteiger partial charge in [0.25, 0.3) is 5.91 Å². The van der Waals surface area contributed by atoms with Crippen LogP contribution < -0.4 is 10.2 Å². The number of hydrogen-bond donors (Lipinski definition) is 2. The standard InChI is InChI=1S/C22H27ClFN5O2/c1-28(18-3-2-16(23)12-25-18)19-8-17(27-29(19)5-4-24)21(30)26-20-14-6-13-7-15(20)11-22(31,9-13)10-14/h2-3,8,12-15,20,31H,4-7,9-11H2,1H3,(H,26,30). The van der Waals surface area contributed by atoms with Gasteiger partial charge in [-0.2, -0.15) is 5.10 Å². The molecule has 2 atom stereocenters. The van der Waals surface area contributed by atoms with Crippen molar-refractivity contribution in [3.05, 3.63) is 35.1 Å². The summed E-state index contributed by atoms with van der Waals surface area (Å²) in [5.74, 6) is 2.15. The largest absolute Gasteiger partial charge is 0.390 e. The highest BCUT2D eigenvalue weighted by molar-refractivity contribution is 6.30. The van der Waals surface area contributed by atoms with Gasteiger partial charge in [0.05, 0.1) is 17.2 Å². The number of anilines is 2. The molecule has 0 radical (unpaired) electrons. The van der Waals surface area contributed by atoms with Crippen molar-refractivity contribution in [1.29, 1.82) is 0 Å². The molecule has 2 aromatic rings. The Hall–Kier alpha value is -2.19. The number of aryl methyl sites for hydroxylation is 1. The highest BCUT2D eigenvalue weighted by atomic mass is 35.5. The van der Waals surface area contributed by atoms with E-state index in [0.29, 0.717) is 34.4 Å². The molecular formula is C22H27ClFN5O2. The number of pyridine rings is 1. The van der Waals surface area contributed by atoms with E-state index in [1.807, 2.05) is 0 Å². The Morgan fingerprint density at radius 2 is 2.10 bits per heavy atom. The number of amides is 1. The fourth-order valence-electron chi connectivity index (χ4n) is 6.16. The molecule has 0 aromatic carbocycles. The lowest BCUT2D eigenvalue weighted by molar-refractivity contribution is -0.136. The smallest absolute Gasteiger partial charge is 0.272 e. The Morgan fingerprint density at radius 3 is 2.71 bits per heavy atom. The maximum Gasteiger partial charge on any atom is 0.272 e. The third-order valence-electron chi connectivity index (χ3n) is 7.23. The Balaban J connectivity index is 1.36. The van der Waals surface area contributed by atoms with Crippen LogP contribution in [0.25, 0.3) is 0 Å². The first-order valence-corrected chi connectivity index (χ1v) is 11.3. The van der Waals surface area contributed by atoms with E-state index >= 15 is 0 Å². The van der Waals surface area contributed by atoms with Crippen molar-refractivity contribution < 1.29 is 14.3 Å². The van der Waals surface area contributed by atoms with Crippen LogP contribution in [0.5, 0.6) is 0 Å². The second-order valence-corrected chi connectivity index (χ2v) is 9.82. The zero-order valence-corrected chi connectivity index (χ0v) is 18.2. The van der Waals surface area contributed by atoms with Gasteiger partial charge in [-0.1, -0.05) is 11.6 Å². The zero-order valence-electron chi connectivity index (χ0n) is 17.5. The molecule has 0 aliphatic heterocycles. The van der Waals surface area contributed by atoms with Crippen LogP contribution in [-0.2, 0) is 6.54 Å². The number of rotatable bonds is 6. The number of hydrogen-bond acceptors (Lipinski definition) is 5. The first kappa shape index (κ1) is 20.7. The molecule has 166 valence electrons. The van der Waals surface area contributed by atoms with Gasteiger partial charge in [-0.15, -0.1) is 0 Å². The Morgan fingerprint density at radius 1 is 1.35 bits per heavy atom. The summed E-state index contributed by atoms with van der Waals surface area (Å²) in [6, 6.07) is 5.22. The molecular weight excluding hydrogens is 421 g/mol. The van der Waals surface area contributed by atoms with Crippen LogP contribution in [-0.4, -0.2) is 51.1 Å². The summed E-state index contributed by atoms with van der Waals surface area (Å²) in [6.07, 6.45) is 6.10. The Labute approximate surface area is 185 Å². The van der Waals surface area contributed by atoms with Gasteiger partial charge in [0.1, 0.15) is 18.3 Å². The van der Waals surface area contributed by atoms with Crippen molar-refractivity contribution in [2.24, 2.45) is 17.8 Å². The minimum Gasteiger partial charge on any atom is -0.390 e. The van der Waals surface area contributed by atoms with Crippen molar-refractivity contribution in [3.63, 3.8) is 0 Å². The fraction of sp³-hybridized carbons (Fsp3) is 0.591. The van der Waals surface area contributed by atoms with Gasteiger partial charge in [0, 0.05) is 25.4 Å². The van der Waals surface area contributed by atoms with Gasteiger partial charge in [-0.05, 0) is 62.0 Å². The summed E-state index contributed by atoms with van der Waals surface area (Å²) >= 11 is 5.93. The van der Waals surface area contributed by atoms with Crippen molar-refractivity contribution in [2.45, 2.75) is 50.3 Å². The summed E-state index contributed by atoms with van der Waals surface area (Å²) < 4.78 is 14.6. The minimum absolute atomic E-state index is 0.0456. The van der Waals surface area contributed by atoms with Gasteiger partial charge in [-0.25, -0.2) is 14.1 Å². The van der Waals surface area contributed by atoms with E-state index in [1.54, 1.807) is 30.1 Å². The molecule has 4 bridgehead atoms. The molecule has 0 saturated heterocycles. The lowest BCUT2D eigenvalue weighted by Crippen LogP contribution is -2.61. The second kappa shape index (κ2) is 7.74. The van der Waals surface area contributed by atoms with E-state index < -0.39 is 12.3 Å². The van der Waals surface area contributed by atoms with Crippen LogP contribution in [0.1, 0.15) is 42.6 Å². The van der Waals surface area contributed by atoms with Gasteiger partial charge in [0.15, 0.2) is 5.69 Å². The van der Waals surface area contributed by atoms with E-state index in [2.05, 4.69) is 15.4 Å². The average molecular weight is 448 g/mol. The Kier molecular flexibility index (Phi) is 5.17. The molecule has 4 saturated carbocycles. The lowest BCUT2D eigenvalue weighted by Gasteiger charge is -2.58. The summed E-state index contributed by atoms with van der Waals surface area (Å²) in [5.41, 5.74) is -0.279. The maximum atomic E-state index is 13.2. The highest BCUT2D eigenvalue weighted by Gasteiger charge is 2.55. The van der Waals surface area contributed by atoms with Gasteiger partial charge in [0.2, 0.25) is 0 Å². The summed E-state index contributed by atoms with van der Waals surface area (Å²) in [5, 5.41) is 18.9. The number of nitrogens with one attached hydrogen (secondary N) is 1. The monoisotopic (exact) mass is 447 g/mol. The van der Waals surface area contributed by atoms with Crippen molar-refractivity contribution in [3.8, 4) is 0 Å². The van der Waals surface area contributed by atoms with E-state index in [9.17, 15) is 14.3 Å². The first-order valence-electron chi connectivity index (χ1n) is 10.9. The van der Waals surface area contributed by atoms with Gasteiger partial charge in [-0.3, -0.25) is 4.79 Å². The lowest BCUT2D eigenvalue weighted by atomic mass is 9.52. The van der Waals surface area contributed by atoms with E-state index in [-0.39, 0.29) is 24.2 Å². The first-order chi connectivity index (χ1) is 14.8. The number of carbonyl (C=O) groups excluding carboxylic acids is 1. The summed E-state index contributed by atoms with van der Waals surface area (Å²) in [7, 11) is 1.79. The van der Waals surface area contributed by atoms with Gasteiger partial charge < -0.3 is 15.3 Å². The minimum atomic E-state index is -0.593. The average Bonchev–Trinajstić information content (AvgIpc) is 3.14. The Bertz CT molecular complexity index is 965. The number of aromatic nitrogens is 3. The molecule has 7 nitrogen and oxygen atoms in total. The number of carbonyl (C=O) groups is 1. The molecule has 2 N–H and O–H groups in total. The van der Waals surface area contributed by atoms with Crippen molar-refractivity contribution in [1.82, 2.24) is 20.1 Å². The second-order valence-electron chi connectivity index (χ2n) is 9.39. The number of halogens is 2. The summed E-state index contributed by atoms with van der Waals surface area (Å²) in [4.78, 5) is 19.1. The predicted octanol–water partition coefficient (Wildman–Crippen LogP) is 3.34. The molecule has 4 aliphatic rings. The molecule has 4 fully saturated rings. The van der Waals surface area contributed by atoms with Crippen LogP contribution in [0.15, 0.2) is 24.4 Å².